The molecule has 0 spiro atoms. The van der Waals surface area contributed by atoms with Crippen molar-refractivity contribution in [3.8, 4) is 5.75 Å². The summed E-state index contributed by atoms with van der Waals surface area (Å²) >= 11 is 19.3. The third-order valence-electron chi connectivity index (χ3n) is 4.42. The van der Waals surface area contributed by atoms with Crippen molar-refractivity contribution in [1.29, 1.82) is 0 Å². The molecule has 0 atom stereocenters. The standard InChI is InChI=1S/C22H21Cl3N4O4S/c1-3-8-32-21(31)15-10-14(5-6-16(15)24)26-20(30)12-34-22-28-27-19(29(22)2)11-33-18-7-4-13(23)9-17(18)25/h4-7,9-10H,3,8,11-12H2,1-2H3,(H,26,30). The van der Waals surface area contributed by atoms with Gasteiger partial charge in [0.15, 0.2) is 11.0 Å². The van der Waals surface area contributed by atoms with Crippen molar-refractivity contribution < 1.29 is 19.1 Å². The summed E-state index contributed by atoms with van der Waals surface area (Å²) in [6.07, 6.45) is 0.696. The molecule has 0 radical (unpaired) electrons. The Morgan fingerprint density at radius 3 is 2.62 bits per heavy atom. The third-order valence-corrected chi connectivity index (χ3v) is 6.30. The molecule has 0 fully saturated rings. The number of rotatable bonds is 10. The molecule has 0 saturated heterocycles. The van der Waals surface area contributed by atoms with E-state index in [1.165, 1.54) is 23.9 Å². The van der Waals surface area contributed by atoms with Gasteiger partial charge in [0, 0.05) is 17.8 Å². The Hall–Kier alpha value is -2.46. The maximum atomic E-state index is 12.4. The second kappa shape index (κ2) is 12.3. The number of thioether (sulfide) groups is 1. The number of benzene rings is 2. The molecule has 0 saturated carbocycles. The number of ether oxygens (including phenoxy) is 2. The number of hydrogen-bond donors (Lipinski definition) is 1. The number of carbonyl (C=O) groups is 2. The number of amides is 1. The van der Waals surface area contributed by atoms with Crippen LogP contribution in [-0.4, -0.2) is 39.0 Å². The van der Waals surface area contributed by atoms with Crippen molar-refractivity contribution in [3.05, 3.63) is 62.9 Å². The fourth-order valence-corrected chi connectivity index (χ4v) is 4.08. The molecule has 1 N–H and O–H groups in total. The van der Waals surface area contributed by atoms with E-state index in [1.54, 1.807) is 35.9 Å². The van der Waals surface area contributed by atoms with Gasteiger partial charge in [-0.3, -0.25) is 4.79 Å². The normalized spacial score (nSPS) is 10.7. The van der Waals surface area contributed by atoms with Crippen LogP contribution in [0.3, 0.4) is 0 Å². The van der Waals surface area contributed by atoms with Crippen LogP contribution >= 0.6 is 46.6 Å². The van der Waals surface area contributed by atoms with Gasteiger partial charge in [0.25, 0.3) is 0 Å². The van der Waals surface area contributed by atoms with Crippen molar-refractivity contribution in [1.82, 2.24) is 14.8 Å². The zero-order valence-corrected chi connectivity index (χ0v) is 21.4. The summed E-state index contributed by atoms with van der Waals surface area (Å²) in [5.74, 6) is 0.291. The largest absolute Gasteiger partial charge is 0.484 e. The molecule has 0 aliphatic rings. The Bertz CT molecular complexity index is 1190. The second-order valence-electron chi connectivity index (χ2n) is 6.99. The zero-order valence-electron chi connectivity index (χ0n) is 18.3. The fourth-order valence-electron chi connectivity index (χ4n) is 2.69. The first-order valence-corrected chi connectivity index (χ1v) is 12.3. The number of esters is 1. The van der Waals surface area contributed by atoms with Crippen molar-refractivity contribution >= 4 is 64.1 Å². The average Bonchev–Trinajstić information content (AvgIpc) is 3.16. The van der Waals surface area contributed by atoms with Crippen LogP contribution in [0.15, 0.2) is 41.6 Å². The van der Waals surface area contributed by atoms with Gasteiger partial charge in [0.05, 0.1) is 28.0 Å². The van der Waals surface area contributed by atoms with Crippen LogP contribution in [0.2, 0.25) is 15.1 Å². The number of nitrogens with one attached hydrogen (secondary N) is 1. The fraction of sp³-hybridized carbons (Fsp3) is 0.273. The quantitative estimate of drug-likeness (QED) is 0.261. The molecule has 180 valence electrons. The van der Waals surface area contributed by atoms with Gasteiger partial charge >= 0.3 is 5.97 Å². The van der Waals surface area contributed by atoms with Crippen molar-refractivity contribution in [2.24, 2.45) is 7.05 Å². The zero-order chi connectivity index (χ0) is 24.7. The maximum absolute atomic E-state index is 12.4. The number of nitrogens with zero attached hydrogens (tertiary/aromatic N) is 3. The number of carbonyl (C=O) groups excluding carboxylic acids is 2. The molecular weight excluding hydrogens is 523 g/mol. The van der Waals surface area contributed by atoms with Gasteiger partial charge in [-0.2, -0.15) is 0 Å². The summed E-state index contributed by atoms with van der Waals surface area (Å²) in [7, 11) is 1.77. The molecule has 0 aliphatic heterocycles. The van der Waals surface area contributed by atoms with E-state index in [0.29, 0.717) is 45.5 Å². The number of halogens is 3. The molecule has 2 aromatic carbocycles. The van der Waals surface area contributed by atoms with Gasteiger partial charge in [-0.1, -0.05) is 53.5 Å². The van der Waals surface area contributed by atoms with E-state index < -0.39 is 5.97 Å². The van der Waals surface area contributed by atoms with Crippen LogP contribution in [0.1, 0.15) is 29.5 Å². The molecule has 0 aliphatic carbocycles. The van der Waals surface area contributed by atoms with Gasteiger partial charge < -0.3 is 19.4 Å². The van der Waals surface area contributed by atoms with Gasteiger partial charge in [0.1, 0.15) is 12.4 Å². The first-order chi connectivity index (χ1) is 16.3. The highest BCUT2D eigenvalue weighted by Gasteiger charge is 2.15. The highest BCUT2D eigenvalue weighted by Crippen LogP contribution is 2.28. The van der Waals surface area contributed by atoms with Crippen molar-refractivity contribution in [2.45, 2.75) is 25.1 Å². The van der Waals surface area contributed by atoms with Gasteiger partial charge in [-0.25, -0.2) is 4.79 Å². The second-order valence-corrected chi connectivity index (χ2v) is 9.18. The number of hydrogen-bond acceptors (Lipinski definition) is 7. The molecular formula is C22H21Cl3N4O4S. The molecule has 1 aromatic heterocycles. The highest BCUT2D eigenvalue weighted by atomic mass is 35.5. The SMILES string of the molecule is CCCOC(=O)c1cc(NC(=O)CSc2nnc(COc3ccc(Cl)cc3Cl)n2C)ccc1Cl. The monoisotopic (exact) mass is 542 g/mol. The summed E-state index contributed by atoms with van der Waals surface area (Å²) in [5.41, 5.74) is 0.629. The Labute approximate surface area is 215 Å². The predicted molar refractivity (Wildman–Crippen MR) is 133 cm³/mol. The Kier molecular flexibility index (Phi) is 9.46. The third kappa shape index (κ3) is 7.02. The molecule has 0 bridgehead atoms. The first-order valence-electron chi connectivity index (χ1n) is 10.1. The van der Waals surface area contributed by atoms with Crippen LogP contribution in [0.25, 0.3) is 0 Å². The van der Waals surface area contributed by atoms with E-state index in [0.717, 1.165) is 0 Å². The minimum Gasteiger partial charge on any atom is -0.484 e. The van der Waals surface area contributed by atoms with Gasteiger partial charge in [0.2, 0.25) is 5.91 Å². The van der Waals surface area contributed by atoms with Crippen LogP contribution < -0.4 is 10.1 Å². The maximum Gasteiger partial charge on any atom is 0.339 e. The van der Waals surface area contributed by atoms with Crippen molar-refractivity contribution in [2.75, 3.05) is 17.7 Å². The summed E-state index contributed by atoms with van der Waals surface area (Å²) in [6, 6.07) is 9.58. The van der Waals surface area contributed by atoms with Crippen molar-refractivity contribution in [3.63, 3.8) is 0 Å². The minimum atomic E-state index is -0.536. The van der Waals surface area contributed by atoms with E-state index in [9.17, 15) is 9.59 Å². The summed E-state index contributed by atoms with van der Waals surface area (Å²) < 4.78 is 12.5. The van der Waals surface area contributed by atoms with Gasteiger partial charge in [-0.05, 0) is 42.8 Å². The predicted octanol–water partition coefficient (Wildman–Crippen LogP) is 5.65. The summed E-state index contributed by atoms with van der Waals surface area (Å²) in [4.78, 5) is 24.6. The lowest BCUT2D eigenvalue weighted by molar-refractivity contribution is -0.113. The summed E-state index contributed by atoms with van der Waals surface area (Å²) in [5, 5.41) is 12.6. The van der Waals surface area contributed by atoms with E-state index in [4.69, 9.17) is 44.3 Å². The Balaban J connectivity index is 1.55. The smallest absolute Gasteiger partial charge is 0.339 e. The lowest BCUT2D eigenvalue weighted by Crippen LogP contribution is -2.15. The molecule has 34 heavy (non-hydrogen) atoms. The molecule has 12 heteroatoms. The topological polar surface area (TPSA) is 95.3 Å². The minimum absolute atomic E-state index is 0.0775. The van der Waals surface area contributed by atoms with Crippen LogP contribution in [0, 0.1) is 0 Å². The van der Waals surface area contributed by atoms with E-state index in [-0.39, 0.29) is 28.9 Å². The van der Waals surface area contributed by atoms with E-state index >= 15 is 0 Å². The lowest BCUT2D eigenvalue weighted by Gasteiger charge is -2.09. The Morgan fingerprint density at radius 2 is 1.88 bits per heavy atom. The first kappa shape index (κ1) is 26.2. The molecule has 1 heterocycles. The molecule has 0 unspecified atom stereocenters. The highest BCUT2D eigenvalue weighted by molar-refractivity contribution is 7.99. The molecule has 8 nitrogen and oxygen atoms in total. The van der Waals surface area contributed by atoms with E-state index in [1.807, 2.05) is 6.92 Å². The number of aromatic nitrogens is 3. The van der Waals surface area contributed by atoms with Crippen LogP contribution in [0.4, 0.5) is 5.69 Å². The molecule has 3 aromatic rings. The van der Waals surface area contributed by atoms with E-state index in [2.05, 4.69) is 15.5 Å². The summed E-state index contributed by atoms with van der Waals surface area (Å²) in [6.45, 7) is 2.32. The van der Waals surface area contributed by atoms with Gasteiger partial charge in [-0.15, -0.1) is 10.2 Å². The molecule has 1 amide bonds. The Morgan fingerprint density at radius 1 is 1.09 bits per heavy atom. The molecule has 3 rings (SSSR count). The lowest BCUT2D eigenvalue weighted by atomic mass is 10.2. The van der Waals surface area contributed by atoms with Crippen LogP contribution in [0.5, 0.6) is 5.75 Å². The average molecular weight is 544 g/mol. The van der Waals surface area contributed by atoms with Crippen LogP contribution in [-0.2, 0) is 23.2 Å². The number of anilines is 1.